The van der Waals surface area contributed by atoms with Gasteiger partial charge in [0.1, 0.15) is 0 Å². The van der Waals surface area contributed by atoms with E-state index in [9.17, 15) is 5.11 Å². The zero-order valence-corrected chi connectivity index (χ0v) is 9.21. The molecule has 1 rings (SSSR count). The maximum atomic E-state index is 10.1. The number of hydrogen-bond donors (Lipinski definition) is 1. The van der Waals surface area contributed by atoms with E-state index in [4.69, 9.17) is 4.74 Å². The highest BCUT2D eigenvalue weighted by atomic mass is 16.5. The molecule has 0 radical (unpaired) electrons. The lowest BCUT2D eigenvalue weighted by atomic mass is 9.84. The number of aliphatic hydroxyl groups excluding tert-OH is 1. The maximum absolute atomic E-state index is 10.1. The molecule has 1 aliphatic carbocycles. The van der Waals surface area contributed by atoms with Gasteiger partial charge in [0, 0.05) is 6.61 Å². The van der Waals surface area contributed by atoms with Gasteiger partial charge in [0.15, 0.2) is 0 Å². The topological polar surface area (TPSA) is 29.5 Å². The van der Waals surface area contributed by atoms with Crippen LogP contribution in [-0.2, 0) is 4.74 Å². The monoisotopic (exact) mass is 186 g/mol. The van der Waals surface area contributed by atoms with Crippen molar-refractivity contribution in [3.05, 3.63) is 0 Å². The number of ether oxygens (including phenoxy) is 1. The molecule has 13 heavy (non-hydrogen) atoms. The summed E-state index contributed by atoms with van der Waals surface area (Å²) in [6.45, 7) is 8.88. The van der Waals surface area contributed by atoms with E-state index in [1.165, 1.54) is 12.8 Å². The van der Waals surface area contributed by atoms with Gasteiger partial charge in [0.2, 0.25) is 0 Å². The summed E-state index contributed by atoms with van der Waals surface area (Å²) in [6, 6.07) is 0. The van der Waals surface area contributed by atoms with Crippen LogP contribution in [0.5, 0.6) is 0 Å². The molecule has 0 aromatic rings. The van der Waals surface area contributed by atoms with Gasteiger partial charge in [-0.25, -0.2) is 0 Å². The molecule has 1 aliphatic rings. The number of rotatable bonds is 4. The highest BCUT2D eigenvalue weighted by Gasteiger charge is 2.41. The molecule has 0 spiro atoms. The fourth-order valence-corrected chi connectivity index (χ4v) is 1.60. The van der Waals surface area contributed by atoms with Crippen molar-refractivity contribution in [2.24, 2.45) is 11.3 Å². The number of aliphatic hydroxyl groups is 1. The lowest BCUT2D eigenvalue weighted by molar-refractivity contribution is -0.0882. The first kappa shape index (κ1) is 11.0. The summed E-state index contributed by atoms with van der Waals surface area (Å²) in [5.74, 6) is 0.606. The Morgan fingerprint density at radius 2 is 1.92 bits per heavy atom. The molecule has 0 aliphatic heterocycles. The second-order valence-corrected chi connectivity index (χ2v) is 5.07. The van der Waals surface area contributed by atoms with Crippen molar-refractivity contribution in [1.82, 2.24) is 0 Å². The second-order valence-electron chi connectivity index (χ2n) is 5.07. The van der Waals surface area contributed by atoms with E-state index in [1.807, 2.05) is 6.92 Å². The average molecular weight is 186 g/mol. The molecule has 0 heterocycles. The average Bonchev–Trinajstić information content (AvgIpc) is 2.79. The highest BCUT2D eigenvalue weighted by Crippen LogP contribution is 2.39. The predicted molar refractivity (Wildman–Crippen MR) is 53.6 cm³/mol. The molecule has 0 saturated heterocycles. The fraction of sp³-hybridized carbons (Fsp3) is 1.00. The van der Waals surface area contributed by atoms with Crippen LogP contribution >= 0.6 is 0 Å². The summed E-state index contributed by atoms with van der Waals surface area (Å²) < 4.78 is 5.60. The van der Waals surface area contributed by atoms with Crippen LogP contribution in [0.15, 0.2) is 0 Å². The Morgan fingerprint density at radius 3 is 2.23 bits per heavy atom. The SMILES string of the molecule is CCOC(C1CC1)C(O)C(C)(C)C. The van der Waals surface area contributed by atoms with Crippen molar-refractivity contribution in [2.45, 2.75) is 52.7 Å². The minimum atomic E-state index is -0.333. The molecular weight excluding hydrogens is 164 g/mol. The van der Waals surface area contributed by atoms with E-state index in [-0.39, 0.29) is 17.6 Å². The third-order valence-corrected chi connectivity index (χ3v) is 2.64. The summed E-state index contributed by atoms with van der Waals surface area (Å²) in [5, 5.41) is 10.1. The molecule has 1 fully saturated rings. The van der Waals surface area contributed by atoms with Crippen molar-refractivity contribution in [3.8, 4) is 0 Å². The Balaban J connectivity index is 2.52. The third-order valence-electron chi connectivity index (χ3n) is 2.64. The fourth-order valence-electron chi connectivity index (χ4n) is 1.60. The Hall–Kier alpha value is -0.0800. The van der Waals surface area contributed by atoms with Crippen LogP contribution in [0, 0.1) is 11.3 Å². The van der Waals surface area contributed by atoms with Gasteiger partial charge in [-0.3, -0.25) is 0 Å². The molecular formula is C11H22O2. The molecule has 0 aromatic carbocycles. The summed E-state index contributed by atoms with van der Waals surface area (Å²) in [4.78, 5) is 0. The van der Waals surface area contributed by atoms with Gasteiger partial charge < -0.3 is 9.84 Å². The number of hydrogen-bond acceptors (Lipinski definition) is 2. The van der Waals surface area contributed by atoms with Crippen molar-refractivity contribution < 1.29 is 9.84 Å². The van der Waals surface area contributed by atoms with Crippen LogP contribution in [0.4, 0.5) is 0 Å². The summed E-state index contributed by atoms with van der Waals surface area (Å²) >= 11 is 0. The van der Waals surface area contributed by atoms with Crippen LogP contribution in [0.2, 0.25) is 0 Å². The molecule has 1 saturated carbocycles. The normalized spacial score (nSPS) is 22.8. The zero-order chi connectivity index (χ0) is 10.1. The van der Waals surface area contributed by atoms with Gasteiger partial charge in [0.25, 0.3) is 0 Å². The van der Waals surface area contributed by atoms with E-state index in [1.54, 1.807) is 0 Å². The van der Waals surface area contributed by atoms with Gasteiger partial charge in [0.05, 0.1) is 12.2 Å². The Bertz CT molecular complexity index is 156. The highest BCUT2D eigenvalue weighted by molar-refractivity contribution is 4.91. The third kappa shape index (κ3) is 2.96. The van der Waals surface area contributed by atoms with Crippen LogP contribution in [0.25, 0.3) is 0 Å². The van der Waals surface area contributed by atoms with Crippen LogP contribution < -0.4 is 0 Å². The first-order chi connectivity index (χ1) is 5.96. The Kier molecular flexibility index (Phi) is 3.36. The van der Waals surface area contributed by atoms with E-state index >= 15 is 0 Å². The van der Waals surface area contributed by atoms with Gasteiger partial charge in [-0.1, -0.05) is 20.8 Å². The molecule has 1 N–H and O–H groups in total. The van der Waals surface area contributed by atoms with Crippen LogP contribution in [0.1, 0.15) is 40.5 Å². The minimum Gasteiger partial charge on any atom is -0.390 e. The van der Waals surface area contributed by atoms with Gasteiger partial charge in [-0.2, -0.15) is 0 Å². The quantitative estimate of drug-likeness (QED) is 0.729. The van der Waals surface area contributed by atoms with E-state index in [2.05, 4.69) is 20.8 Å². The molecule has 0 amide bonds. The zero-order valence-electron chi connectivity index (χ0n) is 9.21. The largest absolute Gasteiger partial charge is 0.390 e. The summed E-state index contributed by atoms with van der Waals surface area (Å²) in [5.41, 5.74) is -0.0670. The lowest BCUT2D eigenvalue weighted by Crippen LogP contribution is -2.40. The Morgan fingerprint density at radius 1 is 1.38 bits per heavy atom. The summed E-state index contributed by atoms with van der Waals surface area (Å²) in [6.07, 6.45) is 2.17. The molecule has 0 aromatic heterocycles. The van der Waals surface area contributed by atoms with Gasteiger partial charge in [-0.05, 0) is 31.1 Å². The van der Waals surface area contributed by atoms with E-state index < -0.39 is 0 Å². The summed E-state index contributed by atoms with van der Waals surface area (Å²) in [7, 11) is 0. The molecule has 2 heteroatoms. The van der Waals surface area contributed by atoms with E-state index in [0.29, 0.717) is 12.5 Å². The predicted octanol–water partition coefficient (Wildman–Crippen LogP) is 2.21. The van der Waals surface area contributed by atoms with Gasteiger partial charge in [-0.15, -0.1) is 0 Å². The maximum Gasteiger partial charge on any atom is 0.0866 e. The van der Waals surface area contributed by atoms with Crippen LogP contribution in [0.3, 0.4) is 0 Å². The van der Waals surface area contributed by atoms with E-state index in [0.717, 1.165) is 0 Å². The lowest BCUT2D eigenvalue weighted by Gasteiger charge is -2.32. The molecule has 78 valence electrons. The van der Waals surface area contributed by atoms with Crippen molar-refractivity contribution in [2.75, 3.05) is 6.61 Å². The molecule has 2 atom stereocenters. The van der Waals surface area contributed by atoms with Crippen LogP contribution in [-0.4, -0.2) is 23.9 Å². The second kappa shape index (κ2) is 3.97. The Labute approximate surface area is 81.3 Å². The molecule has 2 nitrogen and oxygen atoms in total. The van der Waals surface area contributed by atoms with Crippen molar-refractivity contribution >= 4 is 0 Å². The smallest absolute Gasteiger partial charge is 0.0866 e. The van der Waals surface area contributed by atoms with Crippen molar-refractivity contribution in [3.63, 3.8) is 0 Å². The molecule has 2 unspecified atom stereocenters. The molecule has 0 bridgehead atoms. The minimum absolute atomic E-state index is 0.0602. The van der Waals surface area contributed by atoms with Crippen molar-refractivity contribution in [1.29, 1.82) is 0 Å². The first-order valence-electron chi connectivity index (χ1n) is 5.26. The first-order valence-corrected chi connectivity index (χ1v) is 5.26. The van der Waals surface area contributed by atoms with Gasteiger partial charge >= 0.3 is 0 Å². The standard InChI is InChI=1S/C11H22O2/c1-5-13-9(8-6-7-8)10(12)11(2,3)4/h8-10,12H,5-7H2,1-4H3.